The van der Waals surface area contributed by atoms with E-state index in [9.17, 15) is 33.9 Å². The van der Waals surface area contributed by atoms with Gasteiger partial charge in [-0.1, -0.05) is 144 Å². The van der Waals surface area contributed by atoms with Crippen LogP contribution in [0.15, 0.2) is 182 Å². The standard InChI is InChI=1S/2C24H25ClN4O2.C18H12ClNO3/c25-18-8-9-22(21(16-18)23(30)27-12-15-29-13-10-26-11-14-29)28-24(31)20-7-3-5-17-4-1-2-6-19(17)20;25-18-8-9-22(21(16-18)24(31)29-14-12-28(11-10-26)13-15-29)27-23(30)20-7-3-5-17-4-1-2-6-19(17)20;19-12-8-9-16(15(10-12)18(22)23)20-17(21)14-7-3-5-11-4-1-2-6-13(11)14/h1-9,16,26H,10-15H2,(H,27,30)(H,28,31);1-9,16H,10-15,26H2,(H,27,30);1-10H,(H,20,21)(H,22,23). The number of amides is 5. The van der Waals surface area contributed by atoms with Crippen LogP contribution >= 0.6 is 34.8 Å². The maximum atomic E-state index is 13.2. The number of nitrogens with zero attached hydrogens (tertiary/aromatic N) is 3. The number of carbonyl (C=O) groups is 6. The van der Waals surface area contributed by atoms with Gasteiger partial charge in [0.25, 0.3) is 29.5 Å². The van der Waals surface area contributed by atoms with Gasteiger partial charge in [-0.05, 0) is 105 Å². The highest BCUT2D eigenvalue weighted by Crippen LogP contribution is 2.28. The Kier molecular flexibility index (Phi) is 20.9. The molecular weight excluding hydrogens is 1140 g/mol. The maximum absolute atomic E-state index is 13.2. The molecule has 2 fully saturated rings. The number of nitrogens with two attached hydrogens (primary N) is 1. The molecule has 2 aliphatic rings. The molecule has 434 valence electrons. The Bertz CT molecular complexity index is 3910. The first-order chi connectivity index (χ1) is 41.2. The Morgan fingerprint density at radius 3 is 1.27 bits per heavy atom. The largest absolute Gasteiger partial charge is 0.478 e. The van der Waals surface area contributed by atoms with Crippen LogP contribution in [0.3, 0.4) is 0 Å². The molecule has 0 bridgehead atoms. The van der Waals surface area contributed by atoms with Crippen molar-refractivity contribution in [1.82, 2.24) is 25.3 Å². The topological polar surface area (TPSA) is 219 Å². The number of benzene rings is 9. The summed E-state index contributed by atoms with van der Waals surface area (Å²) in [6.45, 7) is 9.40. The lowest BCUT2D eigenvalue weighted by Crippen LogP contribution is -2.49. The summed E-state index contributed by atoms with van der Waals surface area (Å²) in [5.41, 5.74) is 9.02. The molecular formula is C66H62Cl3N9O7. The van der Waals surface area contributed by atoms with Crippen molar-refractivity contribution in [3.8, 4) is 0 Å². The summed E-state index contributed by atoms with van der Waals surface area (Å²) < 4.78 is 0. The monoisotopic (exact) mass is 1200 g/mol. The Hall–Kier alpha value is -8.71. The van der Waals surface area contributed by atoms with Crippen LogP contribution in [0.5, 0.6) is 0 Å². The first-order valence-corrected chi connectivity index (χ1v) is 28.8. The molecule has 2 saturated heterocycles. The van der Waals surface area contributed by atoms with Gasteiger partial charge in [0.15, 0.2) is 0 Å². The van der Waals surface area contributed by atoms with Crippen molar-refractivity contribution in [1.29, 1.82) is 0 Å². The van der Waals surface area contributed by atoms with E-state index in [0.29, 0.717) is 80.4 Å². The average molecular weight is 1200 g/mol. The van der Waals surface area contributed by atoms with Crippen molar-refractivity contribution in [2.24, 2.45) is 5.73 Å². The number of fused-ring (bicyclic) bond motifs is 3. The number of carbonyl (C=O) groups excluding carboxylic acids is 5. The van der Waals surface area contributed by atoms with E-state index in [2.05, 4.69) is 36.4 Å². The van der Waals surface area contributed by atoms with Crippen molar-refractivity contribution in [3.05, 3.63) is 230 Å². The summed E-state index contributed by atoms with van der Waals surface area (Å²) in [5.74, 6) is -2.45. The van der Waals surface area contributed by atoms with Crippen LogP contribution in [0.1, 0.15) is 62.1 Å². The van der Waals surface area contributed by atoms with Crippen LogP contribution in [0.2, 0.25) is 15.1 Å². The normalized spacial score (nSPS) is 13.4. The fourth-order valence-electron chi connectivity index (χ4n) is 10.1. The zero-order chi connectivity index (χ0) is 59.8. The molecule has 8 N–H and O–H groups in total. The molecule has 19 heteroatoms. The lowest BCUT2D eigenvalue weighted by molar-refractivity contribution is 0.0640. The van der Waals surface area contributed by atoms with E-state index in [4.69, 9.17) is 40.5 Å². The van der Waals surface area contributed by atoms with Gasteiger partial charge in [-0.15, -0.1) is 0 Å². The van der Waals surface area contributed by atoms with Crippen molar-refractivity contribution in [2.45, 2.75) is 0 Å². The summed E-state index contributed by atoms with van der Waals surface area (Å²) in [6, 6.07) is 53.8. The van der Waals surface area contributed by atoms with Crippen molar-refractivity contribution >= 4 is 120 Å². The summed E-state index contributed by atoms with van der Waals surface area (Å²) in [7, 11) is 0. The number of hydrogen-bond donors (Lipinski definition) is 7. The molecule has 0 unspecified atom stereocenters. The van der Waals surface area contributed by atoms with E-state index in [-0.39, 0.29) is 40.8 Å². The minimum absolute atomic E-state index is 0.0499. The number of aromatic carboxylic acids is 1. The Morgan fingerprint density at radius 1 is 0.435 bits per heavy atom. The van der Waals surface area contributed by atoms with E-state index < -0.39 is 5.97 Å². The molecule has 0 radical (unpaired) electrons. The van der Waals surface area contributed by atoms with Crippen LogP contribution in [0.4, 0.5) is 17.1 Å². The first-order valence-electron chi connectivity index (χ1n) is 27.7. The molecule has 16 nitrogen and oxygen atoms in total. The zero-order valence-electron chi connectivity index (χ0n) is 46.3. The minimum atomic E-state index is -1.15. The number of rotatable bonds is 14. The summed E-state index contributed by atoms with van der Waals surface area (Å²) in [4.78, 5) is 82.4. The third-order valence-corrected chi connectivity index (χ3v) is 15.2. The second kappa shape index (κ2) is 29.2. The fourth-order valence-corrected chi connectivity index (χ4v) is 10.7. The Balaban J connectivity index is 0.000000155. The summed E-state index contributed by atoms with van der Waals surface area (Å²) in [6.07, 6.45) is 0. The molecule has 0 aliphatic carbocycles. The molecule has 0 atom stereocenters. The van der Waals surface area contributed by atoms with Crippen molar-refractivity contribution in [2.75, 3.05) is 94.5 Å². The van der Waals surface area contributed by atoms with Gasteiger partial charge in [0.05, 0.1) is 33.8 Å². The van der Waals surface area contributed by atoms with Gasteiger partial charge in [0.2, 0.25) is 0 Å². The predicted molar refractivity (Wildman–Crippen MR) is 340 cm³/mol. The number of halogens is 3. The predicted octanol–water partition coefficient (Wildman–Crippen LogP) is 11.3. The second-order valence-electron chi connectivity index (χ2n) is 20.1. The van der Waals surface area contributed by atoms with Crippen LogP contribution in [0, 0.1) is 0 Å². The average Bonchev–Trinajstić information content (AvgIpc) is 3.72. The molecule has 11 rings (SSSR count). The fraction of sp³-hybridized carbons (Fsp3) is 0.182. The van der Waals surface area contributed by atoms with E-state index in [1.165, 1.54) is 18.2 Å². The smallest absolute Gasteiger partial charge is 0.337 e. The molecule has 2 heterocycles. The van der Waals surface area contributed by atoms with E-state index in [1.807, 2.05) is 103 Å². The zero-order valence-corrected chi connectivity index (χ0v) is 48.5. The molecule has 5 amide bonds. The highest BCUT2D eigenvalue weighted by molar-refractivity contribution is 6.32. The van der Waals surface area contributed by atoms with Gasteiger partial charge in [-0.2, -0.15) is 0 Å². The number of carboxylic acids is 1. The SMILES string of the molecule is NCCN1CCN(C(=O)c2cc(Cl)ccc2NC(=O)c2cccc3ccccc23)CC1.O=C(NCCN1CCNCC1)c1cc(Cl)ccc1NC(=O)c1cccc2ccccc12.O=C(O)c1cc(Cl)ccc1NC(=O)c1cccc2ccccc12. The van der Waals surface area contributed by atoms with E-state index in [0.717, 1.165) is 84.7 Å². The number of carboxylic acid groups (broad SMARTS) is 1. The van der Waals surface area contributed by atoms with Gasteiger partial charge in [0.1, 0.15) is 0 Å². The molecule has 0 spiro atoms. The van der Waals surface area contributed by atoms with E-state index in [1.54, 1.807) is 65.6 Å². The second-order valence-corrected chi connectivity index (χ2v) is 21.4. The maximum Gasteiger partial charge on any atom is 0.337 e. The highest BCUT2D eigenvalue weighted by Gasteiger charge is 2.26. The van der Waals surface area contributed by atoms with Gasteiger partial charge in [-0.3, -0.25) is 33.8 Å². The Morgan fingerprint density at radius 2 is 0.824 bits per heavy atom. The summed E-state index contributed by atoms with van der Waals surface area (Å²) >= 11 is 18.1. The van der Waals surface area contributed by atoms with Crippen molar-refractivity contribution in [3.63, 3.8) is 0 Å². The van der Waals surface area contributed by atoms with Crippen molar-refractivity contribution < 1.29 is 33.9 Å². The molecule has 9 aromatic carbocycles. The van der Waals surface area contributed by atoms with Crippen LogP contribution in [-0.2, 0) is 0 Å². The Labute approximate surface area is 506 Å². The van der Waals surface area contributed by atoms with Gasteiger partial charge >= 0.3 is 5.97 Å². The lowest BCUT2D eigenvalue weighted by atomic mass is 10.0. The third-order valence-electron chi connectivity index (χ3n) is 14.5. The highest BCUT2D eigenvalue weighted by atomic mass is 35.5. The van der Waals surface area contributed by atoms with Gasteiger partial charge in [0, 0.05) is 110 Å². The van der Waals surface area contributed by atoms with Crippen LogP contribution in [-0.4, -0.2) is 134 Å². The lowest BCUT2D eigenvalue weighted by Gasteiger charge is -2.34. The van der Waals surface area contributed by atoms with E-state index >= 15 is 0 Å². The molecule has 2 aliphatic heterocycles. The minimum Gasteiger partial charge on any atom is -0.478 e. The molecule has 0 aromatic heterocycles. The molecule has 9 aromatic rings. The van der Waals surface area contributed by atoms with Gasteiger partial charge in [-0.25, -0.2) is 4.79 Å². The number of piperazine rings is 2. The molecule has 0 saturated carbocycles. The van der Waals surface area contributed by atoms with Gasteiger partial charge < -0.3 is 42.3 Å². The summed E-state index contributed by atoms with van der Waals surface area (Å²) in [5, 5.41) is 30.6. The quantitative estimate of drug-likeness (QED) is 0.0543. The third kappa shape index (κ3) is 15.7. The molecule has 85 heavy (non-hydrogen) atoms. The number of nitrogens with one attached hydrogen (secondary N) is 5. The van der Waals surface area contributed by atoms with Crippen LogP contribution < -0.4 is 32.3 Å². The first kappa shape index (κ1) is 60.9. The number of anilines is 3. The van der Waals surface area contributed by atoms with Crippen LogP contribution in [0.25, 0.3) is 32.3 Å². The number of hydrogen-bond acceptors (Lipinski definition) is 10.